The molecule has 0 saturated carbocycles. The number of carboxylic acids is 1. The lowest BCUT2D eigenvalue weighted by molar-refractivity contribution is -0.166. The van der Waals surface area contributed by atoms with Gasteiger partial charge in [0.1, 0.15) is 5.60 Å². The summed E-state index contributed by atoms with van der Waals surface area (Å²) in [5, 5.41) is 10.7. The maximum Gasteiger partial charge on any atom is 0.412 e. The van der Waals surface area contributed by atoms with Gasteiger partial charge >= 0.3 is 18.0 Å². The number of nitrogens with one attached hydrogen (secondary N) is 1. The van der Waals surface area contributed by atoms with Crippen LogP contribution in [0.15, 0.2) is 24.3 Å². The van der Waals surface area contributed by atoms with Crippen molar-refractivity contribution in [3.63, 3.8) is 0 Å². The SMILES string of the molecule is CC(C)(C)OC(=O)Nc1ccccc1C(F)(F)C(=O)O. The van der Waals surface area contributed by atoms with Gasteiger partial charge in [-0.05, 0) is 26.8 Å². The van der Waals surface area contributed by atoms with Crippen molar-refractivity contribution >= 4 is 17.7 Å². The van der Waals surface area contributed by atoms with E-state index < -0.39 is 29.1 Å². The molecule has 5 nitrogen and oxygen atoms in total. The second kappa shape index (κ2) is 5.44. The van der Waals surface area contributed by atoms with Gasteiger partial charge in [-0.3, -0.25) is 5.32 Å². The molecule has 1 amide bonds. The normalized spacial score (nSPS) is 11.8. The average Bonchev–Trinajstić information content (AvgIpc) is 2.26. The molecular weight excluding hydrogens is 272 g/mol. The molecule has 0 aliphatic carbocycles. The summed E-state index contributed by atoms with van der Waals surface area (Å²) < 4.78 is 32.0. The van der Waals surface area contributed by atoms with Crippen molar-refractivity contribution in [2.75, 3.05) is 5.32 Å². The predicted molar refractivity (Wildman–Crippen MR) is 67.8 cm³/mol. The number of alkyl halides is 2. The average molecular weight is 287 g/mol. The van der Waals surface area contributed by atoms with Gasteiger partial charge in [0.2, 0.25) is 0 Å². The highest BCUT2D eigenvalue weighted by Crippen LogP contribution is 2.33. The van der Waals surface area contributed by atoms with Crippen LogP contribution >= 0.6 is 0 Å². The number of aliphatic carboxylic acids is 1. The molecule has 0 spiro atoms. The molecule has 0 bridgehead atoms. The number of hydrogen-bond donors (Lipinski definition) is 2. The van der Waals surface area contributed by atoms with Crippen LogP contribution in [0.3, 0.4) is 0 Å². The fraction of sp³-hybridized carbons (Fsp3) is 0.385. The predicted octanol–water partition coefficient (Wildman–Crippen LogP) is 3.21. The fourth-order valence-corrected chi connectivity index (χ4v) is 1.39. The lowest BCUT2D eigenvalue weighted by Crippen LogP contribution is -2.30. The molecule has 0 aromatic heterocycles. The van der Waals surface area contributed by atoms with Gasteiger partial charge in [-0.1, -0.05) is 18.2 Å². The molecule has 1 rings (SSSR count). The van der Waals surface area contributed by atoms with Crippen molar-refractivity contribution in [1.29, 1.82) is 0 Å². The summed E-state index contributed by atoms with van der Waals surface area (Å²) in [6, 6.07) is 4.76. The third-order valence-electron chi connectivity index (χ3n) is 2.17. The van der Waals surface area contributed by atoms with Crippen molar-refractivity contribution < 1.29 is 28.2 Å². The number of amides is 1. The van der Waals surface area contributed by atoms with Crippen LogP contribution in [0.1, 0.15) is 26.3 Å². The second-order valence-corrected chi connectivity index (χ2v) is 5.05. The number of halogens is 2. The Kier molecular flexibility index (Phi) is 4.32. The minimum Gasteiger partial charge on any atom is -0.477 e. The van der Waals surface area contributed by atoms with Crippen molar-refractivity contribution in [2.45, 2.75) is 32.3 Å². The molecule has 110 valence electrons. The van der Waals surface area contributed by atoms with E-state index >= 15 is 0 Å². The summed E-state index contributed by atoms with van der Waals surface area (Å²) in [5.74, 6) is -6.40. The van der Waals surface area contributed by atoms with E-state index in [2.05, 4.69) is 5.32 Å². The van der Waals surface area contributed by atoms with E-state index in [0.717, 1.165) is 6.07 Å². The van der Waals surface area contributed by atoms with E-state index in [1.807, 2.05) is 0 Å². The second-order valence-electron chi connectivity index (χ2n) is 5.05. The van der Waals surface area contributed by atoms with Crippen LogP contribution in [0.4, 0.5) is 19.3 Å². The van der Waals surface area contributed by atoms with E-state index in [1.54, 1.807) is 20.8 Å². The summed E-state index contributed by atoms with van der Waals surface area (Å²) >= 11 is 0. The molecule has 0 saturated heterocycles. The van der Waals surface area contributed by atoms with Crippen LogP contribution in [0.5, 0.6) is 0 Å². The van der Waals surface area contributed by atoms with Gasteiger partial charge in [-0.2, -0.15) is 8.78 Å². The maximum atomic E-state index is 13.5. The maximum absolute atomic E-state index is 13.5. The van der Waals surface area contributed by atoms with Gasteiger partial charge in [-0.15, -0.1) is 0 Å². The molecular formula is C13H15F2NO4. The van der Waals surface area contributed by atoms with Crippen molar-refractivity contribution in [1.82, 2.24) is 0 Å². The van der Waals surface area contributed by atoms with Gasteiger partial charge < -0.3 is 9.84 Å². The summed E-state index contributed by atoms with van der Waals surface area (Å²) in [6.45, 7) is 4.85. The summed E-state index contributed by atoms with van der Waals surface area (Å²) in [6.07, 6.45) is -0.939. The molecule has 7 heteroatoms. The third kappa shape index (κ3) is 3.91. The molecule has 0 radical (unpaired) electrons. The number of hydrogen-bond acceptors (Lipinski definition) is 3. The quantitative estimate of drug-likeness (QED) is 0.895. The molecule has 0 aliphatic rings. The number of anilines is 1. The molecule has 0 unspecified atom stereocenters. The Morgan fingerprint density at radius 1 is 1.20 bits per heavy atom. The monoisotopic (exact) mass is 287 g/mol. The highest BCUT2D eigenvalue weighted by atomic mass is 19.3. The van der Waals surface area contributed by atoms with Crippen LogP contribution in [-0.2, 0) is 15.5 Å². The first-order valence-corrected chi connectivity index (χ1v) is 5.75. The first kappa shape index (κ1) is 15.9. The van der Waals surface area contributed by atoms with Crippen molar-refractivity contribution in [2.24, 2.45) is 0 Å². The number of carbonyl (C=O) groups is 2. The zero-order chi connectivity index (χ0) is 15.6. The molecule has 0 atom stereocenters. The summed E-state index contributed by atoms with van der Waals surface area (Å²) in [7, 11) is 0. The summed E-state index contributed by atoms with van der Waals surface area (Å²) in [5.41, 5.74) is -1.92. The highest BCUT2D eigenvalue weighted by molar-refractivity contribution is 5.88. The van der Waals surface area contributed by atoms with Gasteiger partial charge in [0.15, 0.2) is 0 Å². The standard InChI is InChI=1S/C13H15F2NO4/c1-12(2,3)20-11(19)16-9-7-5-4-6-8(9)13(14,15)10(17)18/h4-7H,1-3H3,(H,16,19)(H,17,18). The Bertz CT molecular complexity index is 523. The Labute approximate surface area is 114 Å². The molecule has 0 heterocycles. The third-order valence-corrected chi connectivity index (χ3v) is 2.17. The molecule has 1 aromatic rings. The van der Waals surface area contributed by atoms with Crippen molar-refractivity contribution in [3.05, 3.63) is 29.8 Å². The van der Waals surface area contributed by atoms with Gasteiger partial charge in [-0.25, -0.2) is 9.59 Å². The van der Waals surface area contributed by atoms with Crippen LogP contribution in [-0.4, -0.2) is 22.8 Å². The van der Waals surface area contributed by atoms with E-state index in [1.165, 1.54) is 18.2 Å². The van der Waals surface area contributed by atoms with Gasteiger partial charge in [0.05, 0.1) is 11.3 Å². The lowest BCUT2D eigenvalue weighted by Gasteiger charge is -2.21. The zero-order valence-corrected chi connectivity index (χ0v) is 11.2. The van der Waals surface area contributed by atoms with E-state index in [9.17, 15) is 18.4 Å². The zero-order valence-electron chi connectivity index (χ0n) is 11.2. The molecule has 0 fully saturated rings. The Morgan fingerprint density at radius 3 is 2.25 bits per heavy atom. The smallest absolute Gasteiger partial charge is 0.412 e. The molecule has 1 aromatic carbocycles. The van der Waals surface area contributed by atoms with Crippen LogP contribution in [0, 0.1) is 0 Å². The largest absolute Gasteiger partial charge is 0.477 e. The number of rotatable bonds is 3. The first-order valence-electron chi connectivity index (χ1n) is 5.75. The van der Waals surface area contributed by atoms with Gasteiger partial charge in [0.25, 0.3) is 0 Å². The Balaban J connectivity index is 3.03. The first-order chi connectivity index (χ1) is 9.04. The van der Waals surface area contributed by atoms with Crippen molar-refractivity contribution in [3.8, 4) is 0 Å². The lowest BCUT2D eigenvalue weighted by atomic mass is 10.1. The number of ether oxygens (including phenoxy) is 1. The van der Waals surface area contributed by atoms with E-state index in [-0.39, 0.29) is 5.69 Å². The van der Waals surface area contributed by atoms with Crippen LogP contribution in [0.25, 0.3) is 0 Å². The van der Waals surface area contributed by atoms with E-state index in [0.29, 0.717) is 0 Å². The molecule has 2 N–H and O–H groups in total. The summed E-state index contributed by atoms with van der Waals surface area (Å²) in [4.78, 5) is 22.1. The topological polar surface area (TPSA) is 75.6 Å². The van der Waals surface area contributed by atoms with Crippen LogP contribution < -0.4 is 5.32 Å². The number of benzene rings is 1. The van der Waals surface area contributed by atoms with Crippen LogP contribution in [0.2, 0.25) is 0 Å². The Hall–Kier alpha value is -2.18. The van der Waals surface area contributed by atoms with E-state index in [4.69, 9.17) is 9.84 Å². The Morgan fingerprint density at radius 2 is 1.75 bits per heavy atom. The minimum atomic E-state index is -4.11. The molecule has 20 heavy (non-hydrogen) atoms. The number of carbonyl (C=O) groups excluding carboxylic acids is 1. The number of para-hydroxylation sites is 1. The minimum absolute atomic E-state index is 0.311. The number of carboxylic acid groups (broad SMARTS) is 1. The molecule has 0 aliphatic heterocycles. The van der Waals surface area contributed by atoms with Gasteiger partial charge in [0, 0.05) is 0 Å². The fourth-order valence-electron chi connectivity index (χ4n) is 1.39. The highest BCUT2D eigenvalue weighted by Gasteiger charge is 2.43.